The van der Waals surface area contributed by atoms with Crippen molar-refractivity contribution in [3.63, 3.8) is 0 Å². The molecule has 28 heavy (non-hydrogen) atoms. The summed E-state index contributed by atoms with van der Waals surface area (Å²) in [5.41, 5.74) is 3.26. The molecule has 0 N–H and O–H groups in total. The Kier molecular flexibility index (Phi) is 8.11. The van der Waals surface area contributed by atoms with E-state index in [2.05, 4.69) is 39.2 Å². The Morgan fingerprint density at radius 3 is 2.25 bits per heavy atom. The molecule has 2 aromatic carbocycles. The highest BCUT2D eigenvalue weighted by atomic mass is 16.5. The van der Waals surface area contributed by atoms with Crippen molar-refractivity contribution in [1.29, 1.82) is 0 Å². The maximum atomic E-state index is 5.84. The molecule has 0 aliphatic heterocycles. The summed E-state index contributed by atoms with van der Waals surface area (Å²) in [5, 5.41) is 0. The van der Waals surface area contributed by atoms with Gasteiger partial charge in [-0.25, -0.2) is 0 Å². The molecule has 2 heteroatoms. The normalized spacial score (nSPS) is 13.2. The summed E-state index contributed by atoms with van der Waals surface area (Å²) in [6.45, 7) is 12.2. The zero-order chi connectivity index (χ0) is 20.4. The summed E-state index contributed by atoms with van der Waals surface area (Å²) in [6, 6.07) is 17.7. The van der Waals surface area contributed by atoms with E-state index in [-0.39, 0.29) is 5.92 Å². The van der Waals surface area contributed by atoms with E-state index in [0.29, 0.717) is 0 Å². The SMILES string of the molecule is C=C/C=C(\C=C/C(C)/C(C)=C/C(=C)c1ccc(Oc2ccccc2)cc1)OC. The second kappa shape index (κ2) is 10.8. The zero-order valence-electron chi connectivity index (χ0n) is 16.9. The van der Waals surface area contributed by atoms with Crippen LogP contribution in [0.15, 0.2) is 109 Å². The first kappa shape index (κ1) is 21.0. The van der Waals surface area contributed by atoms with Crippen LogP contribution in [-0.2, 0) is 4.74 Å². The molecular formula is C26H28O2. The molecule has 1 unspecified atom stereocenters. The molecule has 0 aliphatic rings. The van der Waals surface area contributed by atoms with Crippen LogP contribution in [0.4, 0.5) is 0 Å². The van der Waals surface area contributed by atoms with E-state index in [1.54, 1.807) is 13.2 Å². The van der Waals surface area contributed by atoms with E-state index >= 15 is 0 Å². The van der Waals surface area contributed by atoms with Gasteiger partial charge in [-0.1, -0.05) is 74.2 Å². The first-order valence-electron chi connectivity index (χ1n) is 9.29. The molecule has 0 saturated heterocycles. The van der Waals surface area contributed by atoms with Gasteiger partial charge >= 0.3 is 0 Å². The maximum Gasteiger partial charge on any atom is 0.127 e. The highest BCUT2D eigenvalue weighted by Crippen LogP contribution is 2.25. The van der Waals surface area contributed by atoms with Gasteiger partial charge in [0, 0.05) is 0 Å². The van der Waals surface area contributed by atoms with E-state index < -0.39 is 0 Å². The molecule has 2 rings (SSSR count). The predicted molar refractivity (Wildman–Crippen MR) is 119 cm³/mol. The Balaban J connectivity index is 2.03. The number of rotatable bonds is 9. The highest BCUT2D eigenvalue weighted by Gasteiger charge is 2.04. The third-order valence-corrected chi connectivity index (χ3v) is 4.39. The molecule has 0 bridgehead atoms. The lowest BCUT2D eigenvalue weighted by atomic mass is 9.97. The van der Waals surface area contributed by atoms with Gasteiger partial charge in [-0.3, -0.25) is 0 Å². The molecule has 2 nitrogen and oxygen atoms in total. The van der Waals surface area contributed by atoms with Crippen LogP contribution in [0.1, 0.15) is 19.4 Å². The summed E-state index contributed by atoms with van der Waals surface area (Å²) in [6.07, 6.45) is 9.73. The van der Waals surface area contributed by atoms with Crippen molar-refractivity contribution in [2.45, 2.75) is 13.8 Å². The zero-order valence-corrected chi connectivity index (χ0v) is 16.9. The molecule has 0 spiro atoms. The van der Waals surface area contributed by atoms with Gasteiger partial charge in [-0.2, -0.15) is 0 Å². The third-order valence-electron chi connectivity index (χ3n) is 4.39. The van der Waals surface area contributed by atoms with Gasteiger partial charge in [0.1, 0.15) is 17.3 Å². The summed E-state index contributed by atoms with van der Waals surface area (Å²) in [5.74, 6) is 2.68. The van der Waals surface area contributed by atoms with Crippen molar-refractivity contribution < 1.29 is 9.47 Å². The minimum Gasteiger partial charge on any atom is -0.497 e. The Bertz CT molecular complexity index is 868. The summed E-state index contributed by atoms with van der Waals surface area (Å²) >= 11 is 0. The predicted octanol–water partition coefficient (Wildman–Crippen LogP) is 7.35. The summed E-state index contributed by atoms with van der Waals surface area (Å²) < 4.78 is 11.1. The highest BCUT2D eigenvalue weighted by molar-refractivity contribution is 5.73. The van der Waals surface area contributed by atoms with Gasteiger partial charge < -0.3 is 9.47 Å². The molecule has 2 aromatic rings. The lowest BCUT2D eigenvalue weighted by Crippen LogP contribution is -1.93. The van der Waals surface area contributed by atoms with Crippen LogP contribution < -0.4 is 4.74 Å². The number of ether oxygens (including phenoxy) is 2. The first-order chi connectivity index (χ1) is 13.5. The summed E-state index contributed by atoms with van der Waals surface area (Å²) in [7, 11) is 1.65. The van der Waals surface area contributed by atoms with E-state index in [9.17, 15) is 0 Å². The van der Waals surface area contributed by atoms with Gasteiger partial charge in [0.05, 0.1) is 7.11 Å². The van der Waals surface area contributed by atoms with Crippen molar-refractivity contribution in [1.82, 2.24) is 0 Å². The van der Waals surface area contributed by atoms with Crippen LogP contribution in [0.2, 0.25) is 0 Å². The van der Waals surface area contributed by atoms with E-state index in [1.165, 1.54) is 5.57 Å². The van der Waals surface area contributed by atoms with Crippen LogP contribution in [0, 0.1) is 5.92 Å². The second-order valence-electron chi connectivity index (χ2n) is 6.51. The Labute approximate surface area is 168 Å². The van der Waals surface area contributed by atoms with E-state index in [0.717, 1.165) is 28.4 Å². The number of benzene rings is 2. The van der Waals surface area contributed by atoms with Crippen LogP contribution in [-0.4, -0.2) is 7.11 Å². The number of hydrogen-bond acceptors (Lipinski definition) is 2. The average molecular weight is 373 g/mol. The Morgan fingerprint density at radius 2 is 1.64 bits per heavy atom. The summed E-state index contributed by atoms with van der Waals surface area (Å²) in [4.78, 5) is 0. The maximum absolute atomic E-state index is 5.84. The quantitative estimate of drug-likeness (QED) is 0.338. The van der Waals surface area contributed by atoms with Crippen LogP contribution in [0.3, 0.4) is 0 Å². The van der Waals surface area contributed by atoms with Crippen molar-refractivity contribution >= 4 is 5.57 Å². The van der Waals surface area contributed by atoms with Crippen molar-refractivity contribution in [2.75, 3.05) is 7.11 Å². The molecule has 0 fully saturated rings. The standard InChI is InChI=1S/C26H28O2/c1-6-10-24(27-5)16-13-20(2)21(3)19-22(4)23-14-17-26(18-15-23)28-25-11-8-7-9-12-25/h6-20H,1,4H2,2-3,5H3/b16-13-,21-19+,24-10+. The topological polar surface area (TPSA) is 18.5 Å². The molecular weight excluding hydrogens is 344 g/mol. The fourth-order valence-corrected chi connectivity index (χ4v) is 2.55. The minimum atomic E-state index is 0.265. The van der Waals surface area contributed by atoms with Gasteiger partial charge in [0.2, 0.25) is 0 Å². The van der Waals surface area contributed by atoms with Crippen molar-refractivity contribution in [2.24, 2.45) is 5.92 Å². The van der Waals surface area contributed by atoms with Gasteiger partial charge in [-0.15, -0.1) is 0 Å². The van der Waals surface area contributed by atoms with E-state index in [1.807, 2.05) is 66.7 Å². The number of hydrogen-bond donors (Lipinski definition) is 0. The van der Waals surface area contributed by atoms with Crippen molar-refractivity contribution in [3.05, 3.63) is 115 Å². The lowest BCUT2D eigenvalue weighted by Gasteiger charge is -2.10. The fourth-order valence-electron chi connectivity index (χ4n) is 2.55. The van der Waals surface area contributed by atoms with Crippen molar-refractivity contribution in [3.8, 4) is 11.5 Å². The Hall–Kier alpha value is -3.26. The molecule has 0 heterocycles. The molecule has 0 aromatic heterocycles. The van der Waals surface area contributed by atoms with Gasteiger partial charge in [-0.05, 0) is 60.4 Å². The average Bonchev–Trinajstić information content (AvgIpc) is 2.72. The number of para-hydroxylation sites is 1. The molecule has 1 atom stereocenters. The second-order valence-corrected chi connectivity index (χ2v) is 6.51. The first-order valence-corrected chi connectivity index (χ1v) is 9.29. The molecule has 0 radical (unpaired) electrons. The molecule has 0 amide bonds. The smallest absolute Gasteiger partial charge is 0.127 e. The lowest BCUT2D eigenvalue weighted by molar-refractivity contribution is 0.306. The monoisotopic (exact) mass is 372 g/mol. The Morgan fingerprint density at radius 1 is 1.00 bits per heavy atom. The minimum absolute atomic E-state index is 0.265. The molecule has 0 saturated carbocycles. The van der Waals surface area contributed by atoms with Gasteiger partial charge in [0.15, 0.2) is 0 Å². The third kappa shape index (κ3) is 6.48. The van der Waals surface area contributed by atoms with Crippen LogP contribution in [0.5, 0.6) is 11.5 Å². The van der Waals surface area contributed by atoms with Crippen LogP contribution >= 0.6 is 0 Å². The van der Waals surface area contributed by atoms with E-state index in [4.69, 9.17) is 9.47 Å². The number of allylic oxidation sites excluding steroid dienone is 7. The fraction of sp³-hybridized carbons (Fsp3) is 0.154. The molecule has 0 aliphatic carbocycles. The number of methoxy groups -OCH3 is 1. The molecule has 144 valence electrons. The van der Waals surface area contributed by atoms with Gasteiger partial charge in [0.25, 0.3) is 0 Å². The largest absolute Gasteiger partial charge is 0.497 e. The van der Waals surface area contributed by atoms with Crippen LogP contribution in [0.25, 0.3) is 5.57 Å².